The zero-order valence-corrected chi connectivity index (χ0v) is 35.4. The summed E-state index contributed by atoms with van der Waals surface area (Å²) in [6, 6.07) is 4.95. The Balaban J connectivity index is 1.51. The van der Waals surface area contributed by atoms with Crippen LogP contribution in [-0.4, -0.2) is 72.5 Å². The van der Waals surface area contributed by atoms with E-state index in [0.29, 0.717) is 39.1 Å². The van der Waals surface area contributed by atoms with E-state index in [-0.39, 0.29) is 45.8 Å². The second-order valence-electron chi connectivity index (χ2n) is 18.6. The molecule has 0 spiro atoms. The first kappa shape index (κ1) is 43.2. The molecule has 52 heavy (non-hydrogen) atoms. The largest absolute Gasteiger partial charge is 0.491 e. The van der Waals surface area contributed by atoms with Crippen LogP contribution < -0.4 is 4.74 Å². The monoisotopic (exact) mass is 770 g/mol. The van der Waals surface area contributed by atoms with Crippen LogP contribution in [0.15, 0.2) is 48.6 Å². The van der Waals surface area contributed by atoms with Gasteiger partial charge in [-0.05, 0) is 86.1 Å². The maximum Gasteiger partial charge on any atom is 0.416 e. The van der Waals surface area contributed by atoms with E-state index < -0.39 is 46.6 Å². The molecule has 1 aromatic rings. The van der Waals surface area contributed by atoms with Crippen molar-refractivity contribution < 1.29 is 46.1 Å². The van der Waals surface area contributed by atoms with Crippen LogP contribution in [0.25, 0.3) is 0 Å². The number of alkyl halides is 3. The average Bonchev–Trinajstić information content (AvgIpc) is 3.31. The SMILES string of the molecule is CC12COC(CCC/C=C\C[C@@H]3[C@@H](/C=C/[C@H](COc4cccc(C(F)(F)F)c4)O[Si](C)(C)C(C)(C)C)[C@H](O[Si](C)(C)C(C)(C)C)C[C@@H]3O)(OC1)OC2. The van der Waals surface area contributed by atoms with Gasteiger partial charge in [-0.3, -0.25) is 0 Å². The van der Waals surface area contributed by atoms with Crippen LogP contribution in [0.5, 0.6) is 5.75 Å². The minimum atomic E-state index is -4.47. The molecular formula is C40H65F3O7Si2. The first-order valence-electron chi connectivity index (χ1n) is 18.9. The molecule has 1 aliphatic carbocycles. The van der Waals surface area contributed by atoms with Crippen molar-refractivity contribution in [3.63, 3.8) is 0 Å². The summed E-state index contributed by atoms with van der Waals surface area (Å²) in [4.78, 5) is 0. The van der Waals surface area contributed by atoms with E-state index in [0.717, 1.165) is 25.0 Å². The van der Waals surface area contributed by atoms with Crippen molar-refractivity contribution in [2.75, 3.05) is 26.4 Å². The molecule has 2 bridgehead atoms. The Kier molecular flexibility index (Phi) is 13.5. The molecule has 5 atom stereocenters. The van der Waals surface area contributed by atoms with E-state index in [2.05, 4.69) is 92.9 Å². The number of rotatable bonds is 15. The predicted molar refractivity (Wildman–Crippen MR) is 204 cm³/mol. The Morgan fingerprint density at radius 3 is 2.13 bits per heavy atom. The normalized spacial score (nSPS) is 29.8. The van der Waals surface area contributed by atoms with Gasteiger partial charge in [-0.15, -0.1) is 0 Å². The second kappa shape index (κ2) is 16.3. The fraction of sp³-hybridized carbons (Fsp3) is 0.750. The minimum absolute atomic E-state index is 0.0110. The number of fused-ring (bicyclic) bond motifs is 3. The summed E-state index contributed by atoms with van der Waals surface area (Å²) in [5, 5.41) is 11.4. The standard InChI is InChI=1S/C40H65F3O7Si2/c1-36(2,3)51(8,9)49-31(25-45-30-18-16-17-29(23-30)40(41,42)43)20-21-33-32(34(44)24-35(33)50-52(10,11)37(4,5)6)19-14-12-13-15-22-39-46-26-38(7,27-47-39)28-48-39/h12,14,16-18,20-21,23,31-35,44H,13,15,19,22,24-28H2,1-11H3/b14-12-,21-20+/t31-,32-,33-,34+,35-,38?,39?/m1/s1. The molecule has 12 heteroatoms. The summed E-state index contributed by atoms with van der Waals surface area (Å²) in [6.45, 7) is 26.0. The van der Waals surface area contributed by atoms with Crippen LogP contribution in [0.2, 0.25) is 36.3 Å². The van der Waals surface area contributed by atoms with Crippen LogP contribution in [0.1, 0.15) is 86.1 Å². The van der Waals surface area contributed by atoms with Gasteiger partial charge in [0, 0.05) is 17.8 Å². The van der Waals surface area contributed by atoms with E-state index in [9.17, 15) is 18.3 Å². The molecular weight excluding hydrogens is 706 g/mol. The van der Waals surface area contributed by atoms with Crippen LogP contribution in [0, 0.1) is 17.3 Å². The molecule has 0 amide bonds. The molecule has 7 nitrogen and oxygen atoms in total. The molecule has 3 heterocycles. The van der Waals surface area contributed by atoms with Gasteiger partial charge in [-0.2, -0.15) is 13.2 Å². The zero-order valence-electron chi connectivity index (χ0n) is 33.4. The third-order valence-electron chi connectivity index (χ3n) is 11.9. The summed E-state index contributed by atoms with van der Waals surface area (Å²) < 4.78 is 77.9. The minimum Gasteiger partial charge on any atom is -0.491 e. The van der Waals surface area contributed by atoms with Gasteiger partial charge in [-0.25, -0.2) is 0 Å². The highest BCUT2D eigenvalue weighted by Crippen LogP contribution is 2.45. The quantitative estimate of drug-likeness (QED) is 0.108. The van der Waals surface area contributed by atoms with Gasteiger partial charge >= 0.3 is 6.18 Å². The zero-order chi connectivity index (χ0) is 38.8. The first-order valence-corrected chi connectivity index (χ1v) is 24.8. The van der Waals surface area contributed by atoms with Gasteiger partial charge in [-0.1, -0.05) is 78.8 Å². The summed E-state index contributed by atoms with van der Waals surface area (Å²) >= 11 is 0. The van der Waals surface area contributed by atoms with Gasteiger partial charge in [0.15, 0.2) is 16.6 Å². The van der Waals surface area contributed by atoms with E-state index in [1.165, 1.54) is 12.1 Å². The molecule has 1 saturated carbocycles. The van der Waals surface area contributed by atoms with Gasteiger partial charge in [0.25, 0.3) is 5.97 Å². The van der Waals surface area contributed by atoms with Gasteiger partial charge < -0.3 is 32.9 Å². The maximum absolute atomic E-state index is 13.4. The van der Waals surface area contributed by atoms with E-state index in [1.807, 2.05) is 6.08 Å². The molecule has 4 aliphatic rings. The summed E-state index contributed by atoms with van der Waals surface area (Å²) in [7, 11) is -4.50. The number of halogens is 3. The fourth-order valence-electron chi connectivity index (χ4n) is 6.37. The maximum atomic E-state index is 13.4. The lowest BCUT2D eigenvalue weighted by Gasteiger charge is -2.50. The smallest absolute Gasteiger partial charge is 0.416 e. The van der Waals surface area contributed by atoms with Crippen LogP contribution in [-0.2, 0) is 29.2 Å². The molecule has 3 saturated heterocycles. The second-order valence-corrected chi connectivity index (χ2v) is 28.1. The van der Waals surface area contributed by atoms with Crippen molar-refractivity contribution in [2.45, 2.75) is 147 Å². The molecule has 0 aromatic heterocycles. The third-order valence-corrected chi connectivity index (χ3v) is 20.9. The fourth-order valence-corrected chi connectivity index (χ4v) is 8.99. The number of ether oxygens (including phenoxy) is 4. The number of aliphatic hydroxyl groups excluding tert-OH is 1. The third kappa shape index (κ3) is 11.0. The lowest BCUT2D eigenvalue weighted by Crippen LogP contribution is -2.58. The van der Waals surface area contributed by atoms with Crippen LogP contribution >= 0.6 is 0 Å². The Bertz CT molecular complexity index is 1360. The molecule has 1 aromatic carbocycles. The van der Waals surface area contributed by atoms with Crippen molar-refractivity contribution in [2.24, 2.45) is 17.3 Å². The van der Waals surface area contributed by atoms with Crippen molar-refractivity contribution in [3.05, 3.63) is 54.1 Å². The highest BCUT2D eigenvalue weighted by atomic mass is 28.4. The lowest BCUT2D eigenvalue weighted by molar-refractivity contribution is -0.467. The van der Waals surface area contributed by atoms with E-state index in [4.69, 9.17) is 27.8 Å². The summed E-state index contributed by atoms with van der Waals surface area (Å²) in [5.41, 5.74) is -0.818. The molecule has 5 rings (SSSR count). The molecule has 0 unspecified atom stereocenters. The molecule has 3 aliphatic heterocycles. The number of hydrogen-bond donors (Lipinski definition) is 1. The van der Waals surface area contributed by atoms with Crippen molar-refractivity contribution >= 4 is 16.6 Å². The lowest BCUT2D eigenvalue weighted by atomic mass is 9.89. The highest BCUT2D eigenvalue weighted by molar-refractivity contribution is 6.74. The highest BCUT2D eigenvalue weighted by Gasteiger charge is 2.50. The molecule has 1 N–H and O–H groups in total. The Labute approximate surface area is 312 Å². The number of hydrogen-bond acceptors (Lipinski definition) is 7. The Morgan fingerprint density at radius 1 is 0.942 bits per heavy atom. The Morgan fingerprint density at radius 2 is 1.56 bits per heavy atom. The van der Waals surface area contributed by atoms with E-state index in [1.54, 1.807) is 0 Å². The number of benzene rings is 1. The number of unbranched alkanes of at least 4 members (excludes halogenated alkanes) is 1. The summed E-state index contributed by atoms with van der Waals surface area (Å²) in [6.07, 6.45) is 6.25. The molecule has 296 valence electrons. The van der Waals surface area contributed by atoms with Gasteiger partial charge in [0.2, 0.25) is 0 Å². The van der Waals surface area contributed by atoms with Gasteiger partial charge in [0.05, 0.1) is 43.7 Å². The van der Waals surface area contributed by atoms with E-state index >= 15 is 0 Å². The van der Waals surface area contributed by atoms with Crippen LogP contribution in [0.4, 0.5) is 13.2 Å². The first-order chi connectivity index (χ1) is 23.9. The number of aliphatic hydroxyl groups is 1. The molecule has 4 fully saturated rings. The van der Waals surface area contributed by atoms with Crippen molar-refractivity contribution in [1.82, 2.24) is 0 Å². The van der Waals surface area contributed by atoms with Crippen molar-refractivity contribution in [1.29, 1.82) is 0 Å². The van der Waals surface area contributed by atoms with Gasteiger partial charge in [0.1, 0.15) is 12.4 Å². The average molecular weight is 771 g/mol. The Hall–Kier alpha value is -1.52. The van der Waals surface area contributed by atoms with Crippen LogP contribution in [0.3, 0.4) is 0 Å². The summed E-state index contributed by atoms with van der Waals surface area (Å²) in [5.74, 6) is -0.963. The topological polar surface area (TPSA) is 75.6 Å². The van der Waals surface area contributed by atoms with Crippen molar-refractivity contribution in [3.8, 4) is 5.75 Å². The number of allylic oxidation sites excluding steroid dienone is 2. The molecule has 0 radical (unpaired) electrons. The predicted octanol–water partition coefficient (Wildman–Crippen LogP) is 10.3.